The molecule has 1 rings (SSSR count). The van der Waals surface area contributed by atoms with Crippen LogP contribution in [0.15, 0.2) is 0 Å². The van der Waals surface area contributed by atoms with Crippen LogP contribution in [0.2, 0.25) is 0 Å². The first kappa shape index (κ1) is 8.76. The summed E-state index contributed by atoms with van der Waals surface area (Å²) in [6.07, 6.45) is 5.76. The molecular weight excluding hydrogens is 134 g/mol. The molecule has 11 heavy (non-hydrogen) atoms. The van der Waals surface area contributed by atoms with E-state index in [4.69, 9.17) is 5.41 Å². The van der Waals surface area contributed by atoms with Gasteiger partial charge < -0.3 is 5.41 Å². The minimum Gasteiger partial charge on any atom is -0.313 e. The zero-order valence-corrected chi connectivity index (χ0v) is 7.85. The van der Waals surface area contributed by atoms with E-state index < -0.39 is 0 Å². The molecule has 64 valence electrons. The number of rotatable bonds is 3. The lowest BCUT2D eigenvalue weighted by Crippen LogP contribution is -2.35. The van der Waals surface area contributed by atoms with Gasteiger partial charge in [-0.15, -0.1) is 0 Å². The van der Waals surface area contributed by atoms with Crippen molar-refractivity contribution in [3.8, 4) is 0 Å². The molecule has 1 aliphatic rings. The van der Waals surface area contributed by atoms with Gasteiger partial charge in [0.05, 0.1) is 0 Å². The highest BCUT2D eigenvalue weighted by Crippen LogP contribution is 2.45. The molecule has 1 fully saturated rings. The van der Waals surface area contributed by atoms with Crippen LogP contribution < -0.4 is 0 Å². The van der Waals surface area contributed by atoms with Crippen molar-refractivity contribution in [2.75, 3.05) is 0 Å². The average Bonchev–Trinajstić information content (AvgIpc) is 1.81. The summed E-state index contributed by atoms with van der Waals surface area (Å²) in [7, 11) is 0. The Balaban J connectivity index is 2.55. The van der Waals surface area contributed by atoms with Crippen molar-refractivity contribution < 1.29 is 0 Å². The summed E-state index contributed by atoms with van der Waals surface area (Å²) in [6, 6.07) is 0. The predicted octanol–water partition coefficient (Wildman–Crippen LogP) is 3.10. The van der Waals surface area contributed by atoms with Crippen LogP contribution in [0.5, 0.6) is 0 Å². The van der Waals surface area contributed by atoms with Gasteiger partial charge in [-0.3, -0.25) is 0 Å². The van der Waals surface area contributed by atoms with Crippen molar-refractivity contribution in [3.05, 3.63) is 0 Å². The van der Waals surface area contributed by atoms with Crippen LogP contribution >= 0.6 is 0 Å². The molecule has 0 aliphatic heterocycles. The lowest BCUT2D eigenvalue weighted by Gasteiger charge is -2.43. The fourth-order valence-corrected chi connectivity index (χ4v) is 1.74. The molecule has 1 unspecified atom stereocenters. The number of hydrogen-bond donors (Lipinski definition) is 1. The van der Waals surface area contributed by atoms with E-state index in [-0.39, 0.29) is 0 Å². The van der Waals surface area contributed by atoms with Crippen molar-refractivity contribution in [3.63, 3.8) is 0 Å². The van der Waals surface area contributed by atoms with E-state index in [1.807, 2.05) is 0 Å². The van der Waals surface area contributed by atoms with Gasteiger partial charge in [-0.2, -0.15) is 0 Å². The van der Waals surface area contributed by atoms with Crippen molar-refractivity contribution in [2.24, 2.45) is 17.3 Å². The molecule has 0 amide bonds. The minimum absolute atomic E-state index is 0.361. The highest BCUT2D eigenvalue weighted by atomic mass is 14.5. The van der Waals surface area contributed by atoms with E-state index in [9.17, 15) is 0 Å². The molecule has 1 atom stereocenters. The maximum absolute atomic E-state index is 7.23. The van der Waals surface area contributed by atoms with Crippen molar-refractivity contribution in [1.29, 1.82) is 5.41 Å². The van der Waals surface area contributed by atoms with Crippen LogP contribution in [-0.2, 0) is 0 Å². The van der Waals surface area contributed by atoms with Gasteiger partial charge in [0.15, 0.2) is 0 Å². The third-order valence-corrected chi connectivity index (χ3v) is 3.58. The van der Waals surface area contributed by atoms with Crippen molar-refractivity contribution in [2.45, 2.75) is 40.0 Å². The van der Waals surface area contributed by atoms with Crippen molar-refractivity contribution >= 4 is 6.21 Å². The van der Waals surface area contributed by atoms with E-state index in [1.54, 1.807) is 6.21 Å². The molecule has 0 aromatic heterocycles. The lowest BCUT2D eigenvalue weighted by molar-refractivity contribution is 0.0927. The Morgan fingerprint density at radius 2 is 2.00 bits per heavy atom. The third kappa shape index (κ3) is 1.47. The molecule has 0 heterocycles. The van der Waals surface area contributed by atoms with Crippen LogP contribution in [-0.4, -0.2) is 6.21 Å². The van der Waals surface area contributed by atoms with Crippen LogP contribution in [0.4, 0.5) is 0 Å². The topological polar surface area (TPSA) is 23.9 Å². The van der Waals surface area contributed by atoms with Crippen LogP contribution in [0.1, 0.15) is 40.0 Å². The SMILES string of the molecule is CC(C=N)C(C)(C)C1CCC1. The summed E-state index contributed by atoms with van der Waals surface area (Å²) in [5.41, 5.74) is 0.361. The largest absolute Gasteiger partial charge is 0.313 e. The highest BCUT2D eigenvalue weighted by Gasteiger charge is 2.36. The van der Waals surface area contributed by atoms with E-state index in [0.29, 0.717) is 11.3 Å². The van der Waals surface area contributed by atoms with E-state index in [2.05, 4.69) is 20.8 Å². The Bertz CT molecular complexity index is 145. The van der Waals surface area contributed by atoms with Gasteiger partial charge in [0.2, 0.25) is 0 Å². The second-order valence-electron chi connectivity index (χ2n) is 4.40. The third-order valence-electron chi connectivity index (χ3n) is 3.58. The van der Waals surface area contributed by atoms with Crippen molar-refractivity contribution in [1.82, 2.24) is 0 Å². The maximum atomic E-state index is 7.23. The normalized spacial score (nSPS) is 22.5. The molecule has 1 saturated carbocycles. The molecule has 1 heteroatoms. The fraction of sp³-hybridized carbons (Fsp3) is 0.900. The maximum Gasteiger partial charge on any atom is -0.00141 e. The number of hydrogen-bond acceptors (Lipinski definition) is 1. The Morgan fingerprint density at radius 3 is 2.27 bits per heavy atom. The summed E-state index contributed by atoms with van der Waals surface area (Å²) >= 11 is 0. The average molecular weight is 153 g/mol. The van der Waals surface area contributed by atoms with Gasteiger partial charge in [-0.25, -0.2) is 0 Å². The van der Waals surface area contributed by atoms with E-state index in [0.717, 1.165) is 5.92 Å². The lowest BCUT2D eigenvalue weighted by atomic mass is 9.62. The summed E-state index contributed by atoms with van der Waals surface area (Å²) < 4.78 is 0. The predicted molar refractivity (Wildman–Crippen MR) is 49.1 cm³/mol. The van der Waals surface area contributed by atoms with Crippen LogP contribution in [0.25, 0.3) is 0 Å². The molecule has 0 spiro atoms. The van der Waals surface area contributed by atoms with Crippen LogP contribution in [0.3, 0.4) is 0 Å². The molecule has 0 radical (unpaired) electrons. The second-order valence-corrected chi connectivity index (χ2v) is 4.40. The fourth-order valence-electron chi connectivity index (χ4n) is 1.74. The minimum atomic E-state index is 0.361. The van der Waals surface area contributed by atoms with Gasteiger partial charge in [0.25, 0.3) is 0 Å². The van der Waals surface area contributed by atoms with E-state index >= 15 is 0 Å². The monoisotopic (exact) mass is 153 g/mol. The highest BCUT2D eigenvalue weighted by molar-refractivity contribution is 5.57. The van der Waals surface area contributed by atoms with E-state index in [1.165, 1.54) is 19.3 Å². The Kier molecular flexibility index (Phi) is 2.36. The Morgan fingerprint density at radius 1 is 1.45 bits per heavy atom. The molecule has 1 N–H and O–H groups in total. The summed E-state index contributed by atoms with van der Waals surface area (Å²) in [4.78, 5) is 0. The molecule has 0 aromatic carbocycles. The smallest absolute Gasteiger partial charge is 0.00141 e. The second kappa shape index (κ2) is 2.96. The summed E-state index contributed by atoms with van der Waals surface area (Å²) in [5.74, 6) is 1.31. The first-order valence-corrected chi connectivity index (χ1v) is 4.59. The standard InChI is InChI=1S/C10H19N/c1-8(7-11)10(2,3)9-5-4-6-9/h7-9,11H,4-6H2,1-3H3. The molecule has 0 bridgehead atoms. The van der Waals surface area contributed by atoms with Crippen LogP contribution in [0, 0.1) is 22.7 Å². The quantitative estimate of drug-likeness (QED) is 0.602. The number of nitrogens with one attached hydrogen (secondary N) is 1. The molecule has 0 saturated heterocycles. The Labute approximate surface area is 69.7 Å². The summed E-state index contributed by atoms with van der Waals surface area (Å²) in [6.45, 7) is 6.75. The Hall–Kier alpha value is -0.330. The van der Waals surface area contributed by atoms with Gasteiger partial charge in [0.1, 0.15) is 0 Å². The summed E-state index contributed by atoms with van der Waals surface area (Å²) in [5, 5.41) is 7.23. The zero-order chi connectivity index (χ0) is 8.48. The molecule has 1 aliphatic carbocycles. The molecular formula is C10H19N. The van der Waals surface area contributed by atoms with Gasteiger partial charge in [0, 0.05) is 0 Å². The van der Waals surface area contributed by atoms with Gasteiger partial charge >= 0.3 is 0 Å². The molecule has 0 aromatic rings. The molecule has 1 nitrogen and oxygen atoms in total. The zero-order valence-electron chi connectivity index (χ0n) is 7.85. The van der Waals surface area contributed by atoms with Gasteiger partial charge in [-0.05, 0) is 36.3 Å². The first-order chi connectivity index (χ1) is 5.09. The first-order valence-electron chi connectivity index (χ1n) is 4.59. The van der Waals surface area contributed by atoms with Gasteiger partial charge in [-0.1, -0.05) is 27.2 Å².